The summed E-state index contributed by atoms with van der Waals surface area (Å²) in [5.41, 5.74) is 0. The monoisotopic (exact) mass is 247 g/mol. The van der Waals surface area contributed by atoms with Gasteiger partial charge in [0.05, 0.1) is 32.5 Å². The molecule has 0 radical (unpaired) electrons. The second kappa shape index (κ2) is 9.79. The predicted molar refractivity (Wildman–Crippen MR) is 65.1 cm³/mol. The number of aliphatic hydroxyl groups excluding tert-OH is 1. The SMILES string of the molecule is COCCOCCOCCC1CNCCC1O. The molecular formula is C12H25NO4. The number of piperidine rings is 1. The molecule has 0 aromatic carbocycles. The van der Waals surface area contributed by atoms with Gasteiger partial charge in [-0.05, 0) is 25.3 Å². The van der Waals surface area contributed by atoms with E-state index in [4.69, 9.17) is 14.2 Å². The van der Waals surface area contributed by atoms with Crippen LogP contribution in [0.4, 0.5) is 0 Å². The zero-order chi connectivity index (χ0) is 12.3. The van der Waals surface area contributed by atoms with Crippen molar-refractivity contribution in [1.82, 2.24) is 5.32 Å². The molecule has 2 atom stereocenters. The third-order valence-corrected chi connectivity index (χ3v) is 3.00. The van der Waals surface area contributed by atoms with Crippen LogP contribution < -0.4 is 5.32 Å². The summed E-state index contributed by atoms with van der Waals surface area (Å²) in [5, 5.41) is 13.0. The average Bonchev–Trinajstić information content (AvgIpc) is 2.35. The van der Waals surface area contributed by atoms with E-state index < -0.39 is 0 Å². The van der Waals surface area contributed by atoms with E-state index in [0.29, 0.717) is 39.0 Å². The third-order valence-electron chi connectivity index (χ3n) is 3.00. The number of hydrogen-bond acceptors (Lipinski definition) is 5. The summed E-state index contributed by atoms with van der Waals surface area (Å²) in [6.45, 7) is 4.97. The third kappa shape index (κ3) is 6.95. The Morgan fingerprint density at radius 3 is 2.53 bits per heavy atom. The Morgan fingerprint density at radius 2 is 1.82 bits per heavy atom. The largest absolute Gasteiger partial charge is 0.393 e. The molecule has 2 unspecified atom stereocenters. The first-order valence-corrected chi connectivity index (χ1v) is 6.38. The lowest BCUT2D eigenvalue weighted by molar-refractivity contribution is 0.0109. The fraction of sp³-hybridized carbons (Fsp3) is 1.00. The highest BCUT2D eigenvalue weighted by molar-refractivity contribution is 4.76. The molecule has 5 nitrogen and oxygen atoms in total. The molecule has 0 saturated carbocycles. The smallest absolute Gasteiger partial charge is 0.0701 e. The molecule has 1 aliphatic heterocycles. The van der Waals surface area contributed by atoms with Crippen LogP contribution in [0.25, 0.3) is 0 Å². The van der Waals surface area contributed by atoms with Crippen LogP contribution in [0.15, 0.2) is 0 Å². The second-order valence-corrected chi connectivity index (χ2v) is 4.33. The fourth-order valence-corrected chi connectivity index (χ4v) is 1.90. The number of nitrogens with one attached hydrogen (secondary N) is 1. The molecule has 1 aliphatic rings. The fourth-order valence-electron chi connectivity index (χ4n) is 1.90. The van der Waals surface area contributed by atoms with Crippen molar-refractivity contribution < 1.29 is 19.3 Å². The summed E-state index contributed by atoms with van der Waals surface area (Å²) in [6.07, 6.45) is 1.59. The standard InChI is InChI=1S/C12H25NO4/c1-15-6-7-17-9-8-16-5-3-11-10-13-4-2-12(11)14/h11-14H,2-10H2,1H3. The minimum Gasteiger partial charge on any atom is -0.393 e. The highest BCUT2D eigenvalue weighted by atomic mass is 16.5. The lowest BCUT2D eigenvalue weighted by Gasteiger charge is -2.28. The van der Waals surface area contributed by atoms with Crippen LogP contribution in [-0.2, 0) is 14.2 Å². The molecule has 17 heavy (non-hydrogen) atoms. The van der Waals surface area contributed by atoms with Gasteiger partial charge in [-0.25, -0.2) is 0 Å². The van der Waals surface area contributed by atoms with Crippen molar-refractivity contribution >= 4 is 0 Å². The van der Waals surface area contributed by atoms with Gasteiger partial charge >= 0.3 is 0 Å². The molecule has 102 valence electrons. The molecule has 1 fully saturated rings. The van der Waals surface area contributed by atoms with E-state index in [1.165, 1.54) is 0 Å². The molecule has 0 amide bonds. The van der Waals surface area contributed by atoms with Crippen LogP contribution in [0.2, 0.25) is 0 Å². The Morgan fingerprint density at radius 1 is 1.12 bits per heavy atom. The highest BCUT2D eigenvalue weighted by Gasteiger charge is 2.21. The van der Waals surface area contributed by atoms with Crippen molar-refractivity contribution in [2.45, 2.75) is 18.9 Å². The van der Waals surface area contributed by atoms with Crippen LogP contribution >= 0.6 is 0 Å². The minimum absolute atomic E-state index is 0.169. The Hall–Kier alpha value is -0.200. The molecule has 0 aliphatic carbocycles. The van der Waals surface area contributed by atoms with E-state index in [9.17, 15) is 5.11 Å². The van der Waals surface area contributed by atoms with Gasteiger partial charge in [-0.3, -0.25) is 0 Å². The minimum atomic E-state index is -0.169. The predicted octanol–water partition coefficient (Wildman–Crippen LogP) is 0.0265. The maximum Gasteiger partial charge on any atom is 0.0701 e. The molecular weight excluding hydrogens is 222 g/mol. The summed E-state index contributed by atoms with van der Waals surface area (Å²) in [4.78, 5) is 0. The lowest BCUT2D eigenvalue weighted by atomic mass is 9.93. The van der Waals surface area contributed by atoms with Gasteiger partial charge in [0, 0.05) is 20.3 Å². The summed E-state index contributed by atoms with van der Waals surface area (Å²) < 4.78 is 15.6. The molecule has 1 rings (SSSR count). The maximum atomic E-state index is 9.73. The lowest BCUT2D eigenvalue weighted by Crippen LogP contribution is -2.40. The topological polar surface area (TPSA) is 60.0 Å². The number of aliphatic hydroxyl groups is 1. The van der Waals surface area contributed by atoms with Gasteiger partial charge in [-0.15, -0.1) is 0 Å². The van der Waals surface area contributed by atoms with Crippen LogP contribution in [-0.4, -0.2) is 64.4 Å². The second-order valence-electron chi connectivity index (χ2n) is 4.33. The van der Waals surface area contributed by atoms with Crippen LogP contribution in [0.1, 0.15) is 12.8 Å². The zero-order valence-electron chi connectivity index (χ0n) is 10.7. The summed E-state index contributed by atoms with van der Waals surface area (Å²) in [5.74, 6) is 0.332. The van der Waals surface area contributed by atoms with E-state index in [1.54, 1.807) is 7.11 Å². The van der Waals surface area contributed by atoms with Crippen LogP contribution in [0.5, 0.6) is 0 Å². The van der Waals surface area contributed by atoms with Crippen molar-refractivity contribution in [3.8, 4) is 0 Å². The van der Waals surface area contributed by atoms with Gasteiger partial charge in [0.25, 0.3) is 0 Å². The van der Waals surface area contributed by atoms with Crippen molar-refractivity contribution in [3.05, 3.63) is 0 Å². The molecule has 0 aromatic rings. The number of methoxy groups -OCH3 is 1. The van der Waals surface area contributed by atoms with E-state index in [2.05, 4.69) is 5.32 Å². The van der Waals surface area contributed by atoms with Crippen molar-refractivity contribution in [3.63, 3.8) is 0 Å². The summed E-state index contributed by atoms with van der Waals surface area (Å²) in [6, 6.07) is 0. The summed E-state index contributed by atoms with van der Waals surface area (Å²) >= 11 is 0. The molecule has 0 spiro atoms. The van der Waals surface area contributed by atoms with Gasteiger partial charge in [-0.2, -0.15) is 0 Å². The Kier molecular flexibility index (Phi) is 8.56. The Balaban J connectivity index is 1.86. The van der Waals surface area contributed by atoms with Gasteiger partial charge in [0.15, 0.2) is 0 Å². The highest BCUT2D eigenvalue weighted by Crippen LogP contribution is 2.14. The maximum absolute atomic E-state index is 9.73. The van der Waals surface area contributed by atoms with E-state index >= 15 is 0 Å². The zero-order valence-corrected chi connectivity index (χ0v) is 10.7. The molecule has 2 N–H and O–H groups in total. The Bertz CT molecular complexity index is 180. The first-order chi connectivity index (χ1) is 8.34. The van der Waals surface area contributed by atoms with Gasteiger partial charge < -0.3 is 24.6 Å². The number of ether oxygens (including phenoxy) is 3. The summed E-state index contributed by atoms with van der Waals surface area (Å²) in [7, 11) is 1.66. The van der Waals surface area contributed by atoms with Crippen LogP contribution in [0.3, 0.4) is 0 Å². The van der Waals surface area contributed by atoms with Crippen molar-refractivity contribution in [2.24, 2.45) is 5.92 Å². The molecule has 5 heteroatoms. The molecule has 0 aromatic heterocycles. The van der Waals surface area contributed by atoms with Gasteiger partial charge in [0.1, 0.15) is 0 Å². The van der Waals surface area contributed by atoms with Gasteiger partial charge in [-0.1, -0.05) is 0 Å². The Labute approximate surface area is 103 Å². The van der Waals surface area contributed by atoms with E-state index in [1.807, 2.05) is 0 Å². The first kappa shape index (κ1) is 14.9. The van der Waals surface area contributed by atoms with Crippen molar-refractivity contribution in [2.75, 3.05) is 53.2 Å². The van der Waals surface area contributed by atoms with Crippen LogP contribution in [0, 0.1) is 5.92 Å². The number of rotatable bonds is 9. The molecule has 1 heterocycles. The molecule has 1 saturated heterocycles. The van der Waals surface area contributed by atoms with Crippen molar-refractivity contribution in [1.29, 1.82) is 0 Å². The first-order valence-electron chi connectivity index (χ1n) is 6.38. The normalized spacial score (nSPS) is 25.1. The number of hydrogen-bond donors (Lipinski definition) is 2. The average molecular weight is 247 g/mol. The van der Waals surface area contributed by atoms with Gasteiger partial charge in [0.2, 0.25) is 0 Å². The quantitative estimate of drug-likeness (QED) is 0.563. The molecule has 0 bridgehead atoms. The van der Waals surface area contributed by atoms with E-state index in [-0.39, 0.29) is 6.10 Å². The van der Waals surface area contributed by atoms with E-state index in [0.717, 1.165) is 25.9 Å².